The molecule has 0 spiro atoms. The van der Waals surface area contributed by atoms with Crippen LogP contribution < -0.4 is 5.32 Å². The first-order chi connectivity index (χ1) is 12.8. The van der Waals surface area contributed by atoms with Gasteiger partial charge in [-0.05, 0) is 50.3 Å². The molecule has 0 saturated heterocycles. The van der Waals surface area contributed by atoms with Gasteiger partial charge in [0, 0.05) is 12.6 Å². The van der Waals surface area contributed by atoms with Crippen LogP contribution in [0, 0.1) is 20.8 Å². The van der Waals surface area contributed by atoms with Crippen LogP contribution in [-0.4, -0.2) is 31.2 Å². The van der Waals surface area contributed by atoms with Gasteiger partial charge in [0.15, 0.2) is 0 Å². The minimum Gasteiger partial charge on any atom is -0.352 e. The number of carbonyl (C=O) groups excluding carboxylic acids is 1. The van der Waals surface area contributed by atoms with Gasteiger partial charge < -0.3 is 5.32 Å². The summed E-state index contributed by atoms with van der Waals surface area (Å²) in [6.07, 6.45) is 1.93. The van der Waals surface area contributed by atoms with E-state index in [1.165, 1.54) is 4.31 Å². The average Bonchev–Trinajstić information content (AvgIpc) is 3.37. The molecule has 0 atom stereocenters. The molecule has 2 aromatic carbocycles. The summed E-state index contributed by atoms with van der Waals surface area (Å²) in [6, 6.07) is 13.3. The van der Waals surface area contributed by atoms with Gasteiger partial charge in [0.1, 0.15) is 0 Å². The van der Waals surface area contributed by atoms with E-state index in [2.05, 4.69) is 5.32 Å². The maximum Gasteiger partial charge on any atom is 0.244 e. The largest absolute Gasteiger partial charge is 0.352 e. The number of hydrogen-bond acceptors (Lipinski definition) is 3. The Morgan fingerprint density at radius 1 is 1.07 bits per heavy atom. The van der Waals surface area contributed by atoms with Gasteiger partial charge in [-0.15, -0.1) is 0 Å². The number of amides is 1. The topological polar surface area (TPSA) is 66.5 Å². The van der Waals surface area contributed by atoms with Gasteiger partial charge in [-0.3, -0.25) is 4.79 Å². The SMILES string of the molecule is Cc1cc(C)c(S(=O)(=O)N(CC(=O)NC2CC2)Cc2ccccc2)c(C)c1. The van der Waals surface area contributed by atoms with Crippen molar-refractivity contribution in [2.45, 2.75) is 51.1 Å². The van der Waals surface area contributed by atoms with Gasteiger partial charge in [-0.1, -0.05) is 48.0 Å². The molecular formula is C21H26N2O3S. The van der Waals surface area contributed by atoms with Crippen LogP contribution in [0.4, 0.5) is 0 Å². The number of benzene rings is 2. The van der Waals surface area contributed by atoms with Gasteiger partial charge >= 0.3 is 0 Å². The molecule has 5 nitrogen and oxygen atoms in total. The van der Waals surface area contributed by atoms with E-state index in [0.29, 0.717) is 16.0 Å². The van der Waals surface area contributed by atoms with Crippen LogP contribution in [0.3, 0.4) is 0 Å². The molecule has 0 unspecified atom stereocenters. The van der Waals surface area contributed by atoms with Crippen LogP contribution >= 0.6 is 0 Å². The molecular weight excluding hydrogens is 360 g/mol. The lowest BCUT2D eigenvalue weighted by molar-refractivity contribution is -0.121. The second kappa shape index (κ2) is 7.82. The van der Waals surface area contributed by atoms with Crippen LogP contribution in [0.15, 0.2) is 47.4 Å². The minimum absolute atomic E-state index is 0.161. The molecule has 0 radical (unpaired) electrons. The number of carbonyl (C=O) groups is 1. The number of hydrogen-bond donors (Lipinski definition) is 1. The summed E-state index contributed by atoms with van der Waals surface area (Å²) in [4.78, 5) is 12.7. The third-order valence-electron chi connectivity index (χ3n) is 4.67. The summed E-state index contributed by atoms with van der Waals surface area (Å²) in [5.41, 5.74) is 3.27. The quantitative estimate of drug-likeness (QED) is 0.795. The molecule has 1 N–H and O–H groups in total. The van der Waals surface area contributed by atoms with Gasteiger partial charge in [0.2, 0.25) is 15.9 Å². The predicted octanol–water partition coefficient (Wildman–Crippen LogP) is 3.08. The van der Waals surface area contributed by atoms with Crippen LogP contribution in [-0.2, 0) is 21.4 Å². The molecule has 1 aliphatic carbocycles. The van der Waals surface area contributed by atoms with Crippen molar-refractivity contribution < 1.29 is 13.2 Å². The number of sulfonamides is 1. The molecule has 144 valence electrons. The molecule has 0 aromatic heterocycles. The fourth-order valence-corrected chi connectivity index (χ4v) is 5.17. The zero-order valence-electron chi connectivity index (χ0n) is 16.0. The van der Waals surface area contributed by atoms with Crippen LogP contribution in [0.2, 0.25) is 0 Å². The molecule has 0 aliphatic heterocycles. The molecule has 6 heteroatoms. The van der Waals surface area contributed by atoms with Crippen molar-refractivity contribution in [3.63, 3.8) is 0 Å². The highest BCUT2D eigenvalue weighted by Gasteiger charge is 2.31. The molecule has 1 fully saturated rings. The Morgan fingerprint density at radius 2 is 1.67 bits per heavy atom. The average molecular weight is 387 g/mol. The maximum absolute atomic E-state index is 13.5. The molecule has 2 aromatic rings. The smallest absolute Gasteiger partial charge is 0.244 e. The lowest BCUT2D eigenvalue weighted by Crippen LogP contribution is -2.41. The van der Waals surface area contributed by atoms with Crippen LogP contribution in [0.5, 0.6) is 0 Å². The van der Waals surface area contributed by atoms with Crippen molar-refractivity contribution in [3.8, 4) is 0 Å². The van der Waals surface area contributed by atoms with E-state index in [-0.39, 0.29) is 25.0 Å². The van der Waals surface area contributed by atoms with Crippen molar-refractivity contribution in [2.75, 3.05) is 6.54 Å². The van der Waals surface area contributed by atoms with Crippen LogP contribution in [0.1, 0.15) is 35.1 Å². The minimum atomic E-state index is -3.82. The van der Waals surface area contributed by atoms with E-state index in [4.69, 9.17) is 0 Å². The number of aryl methyl sites for hydroxylation is 3. The zero-order valence-corrected chi connectivity index (χ0v) is 16.8. The van der Waals surface area contributed by atoms with Crippen molar-refractivity contribution >= 4 is 15.9 Å². The van der Waals surface area contributed by atoms with Gasteiger partial charge in [-0.25, -0.2) is 8.42 Å². The number of nitrogens with one attached hydrogen (secondary N) is 1. The van der Waals surface area contributed by atoms with E-state index < -0.39 is 10.0 Å². The Bertz CT molecular complexity index is 912. The predicted molar refractivity (Wildman–Crippen MR) is 106 cm³/mol. The first-order valence-corrected chi connectivity index (χ1v) is 10.6. The summed E-state index contributed by atoms with van der Waals surface area (Å²) < 4.78 is 28.2. The summed E-state index contributed by atoms with van der Waals surface area (Å²) in [5, 5.41) is 2.89. The highest BCUT2D eigenvalue weighted by molar-refractivity contribution is 7.89. The summed E-state index contributed by atoms with van der Waals surface area (Å²) in [5.74, 6) is -0.251. The summed E-state index contributed by atoms with van der Waals surface area (Å²) in [7, 11) is -3.82. The van der Waals surface area contributed by atoms with E-state index in [1.54, 1.807) is 13.8 Å². The fourth-order valence-electron chi connectivity index (χ4n) is 3.38. The van der Waals surface area contributed by atoms with Crippen LogP contribution in [0.25, 0.3) is 0 Å². The Balaban J connectivity index is 1.95. The molecule has 0 heterocycles. The highest BCUT2D eigenvalue weighted by atomic mass is 32.2. The van der Waals surface area contributed by atoms with Gasteiger partial charge in [-0.2, -0.15) is 4.31 Å². The fraction of sp³-hybridized carbons (Fsp3) is 0.381. The lowest BCUT2D eigenvalue weighted by atomic mass is 10.1. The normalized spacial score (nSPS) is 14.4. The monoisotopic (exact) mass is 386 g/mol. The number of nitrogens with zero attached hydrogens (tertiary/aromatic N) is 1. The second-order valence-corrected chi connectivity index (χ2v) is 9.20. The van der Waals surface area contributed by atoms with Crippen molar-refractivity contribution in [3.05, 3.63) is 64.7 Å². The Hall–Kier alpha value is -2.18. The highest BCUT2D eigenvalue weighted by Crippen LogP contribution is 2.26. The Morgan fingerprint density at radius 3 is 2.22 bits per heavy atom. The number of rotatable bonds is 7. The molecule has 1 amide bonds. The zero-order chi connectivity index (χ0) is 19.6. The van der Waals surface area contributed by atoms with Gasteiger partial charge in [0.25, 0.3) is 0 Å². The standard InChI is InChI=1S/C21H26N2O3S/c1-15-11-16(2)21(17(3)12-15)27(25,26)23(13-18-7-5-4-6-8-18)14-20(24)22-19-9-10-19/h4-8,11-12,19H,9-10,13-14H2,1-3H3,(H,22,24). The second-order valence-electron chi connectivity index (χ2n) is 7.33. The van der Waals surface area contributed by atoms with E-state index in [1.807, 2.05) is 49.4 Å². The van der Waals surface area contributed by atoms with E-state index in [9.17, 15) is 13.2 Å². The van der Waals surface area contributed by atoms with Gasteiger partial charge in [0.05, 0.1) is 11.4 Å². The van der Waals surface area contributed by atoms with Crippen molar-refractivity contribution in [1.82, 2.24) is 9.62 Å². The third-order valence-corrected chi connectivity index (χ3v) is 6.76. The van der Waals surface area contributed by atoms with E-state index in [0.717, 1.165) is 24.0 Å². The Labute approximate surface area is 161 Å². The first-order valence-electron chi connectivity index (χ1n) is 9.18. The molecule has 1 saturated carbocycles. The molecule has 0 bridgehead atoms. The summed E-state index contributed by atoms with van der Waals surface area (Å²) in [6.45, 7) is 5.53. The molecule has 27 heavy (non-hydrogen) atoms. The third kappa shape index (κ3) is 4.76. The molecule has 1 aliphatic rings. The lowest BCUT2D eigenvalue weighted by Gasteiger charge is -2.24. The summed E-state index contributed by atoms with van der Waals surface area (Å²) >= 11 is 0. The molecule has 3 rings (SSSR count). The maximum atomic E-state index is 13.5. The first kappa shape index (κ1) is 19.6. The van der Waals surface area contributed by atoms with E-state index >= 15 is 0 Å². The van der Waals surface area contributed by atoms with Crippen molar-refractivity contribution in [2.24, 2.45) is 0 Å². The Kier molecular flexibility index (Phi) is 5.67. The van der Waals surface area contributed by atoms with Crippen molar-refractivity contribution in [1.29, 1.82) is 0 Å².